The summed E-state index contributed by atoms with van der Waals surface area (Å²) >= 11 is 1.57. The van der Waals surface area contributed by atoms with Gasteiger partial charge in [-0.15, -0.1) is 0 Å². The molecule has 0 aliphatic carbocycles. The number of fused-ring (bicyclic) bond motifs is 1. The molecule has 0 atom stereocenters. The molecule has 3 aromatic rings. The van der Waals surface area contributed by atoms with Crippen molar-refractivity contribution >= 4 is 32.6 Å². The third-order valence-electron chi connectivity index (χ3n) is 4.96. The Hall–Kier alpha value is -2.29. The van der Waals surface area contributed by atoms with Crippen LogP contribution in [0.4, 0.5) is 5.13 Å². The molecule has 3 heterocycles. The SMILES string of the molecule is Cc1cc(C)c2sc(N(CCN3CCOCC3)C(=O)c3ccn(C)n3)nc2c1. The van der Waals surface area contributed by atoms with Gasteiger partial charge in [-0.2, -0.15) is 5.10 Å². The molecule has 28 heavy (non-hydrogen) atoms. The van der Waals surface area contributed by atoms with Crippen molar-refractivity contribution in [3.8, 4) is 0 Å². The Balaban J connectivity index is 1.65. The summed E-state index contributed by atoms with van der Waals surface area (Å²) in [5.41, 5.74) is 3.76. The highest BCUT2D eigenvalue weighted by molar-refractivity contribution is 7.22. The minimum atomic E-state index is -0.109. The van der Waals surface area contributed by atoms with Gasteiger partial charge in [0.25, 0.3) is 5.91 Å². The molecule has 148 valence electrons. The number of aromatic nitrogens is 3. The lowest BCUT2D eigenvalue weighted by atomic mass is 10.1. The Morgan fingerprint density at radius 2 is 2.07 bits per heavy atom. The van der Waals surface area contributed by atoms with Gasteiger partial charge >= 0.3 is 0 Å². The number of carbonyl (C=O) groups excluding carboxylic acids is 1. The fourth-order valence-electron chi connectivity index (χ4n) is 3.50. The van der Waals surface area contributed by atoms with Crippen LogP contribution in [0.2, 0.25) is 0 Å². The van der Waals surface area contributed by atoms with Crippen molar-refractivity contribution in [2.24, 2.45) is 7.05 Å². The molecule has 0 N–H and O–H groups in total. The molecular weight excluding hydrogens is 374 g/mol. The molecule has 0 unspecified atom stereocenters. The van der Waals surface area contributed by atoms with E-state index in [-0.39, 0.29) is 5.91 Å². The van der Waals surface area contributed by atoms with Crippen LogP contribution in [0.1, 0.15) is 21.6 Å². The molecule has 2 aromatic heterocycles. The van der Waals surface area contributed by atoms with E-state index in [1.807, 2.05) is 7.05 Å². The summed E-state index contributed by atoms with van der Waals surface area (Å²) in [6.45, 7) is 8.80. The molecule has 8 heteroatoms. The lowest BCUT2D eigenvalue weighted by Gasteiger charge is -2.29. The first kappa shape index (κ1) is 19.0. The van der Waals surface area contributed by atoms with Gasteiger partial charge in [-0.25, -0.2) is 4.98 Å². The van der Waals surface area contributed by atoms with E-state index in [0.29, 0.717) is 12.2 Å². The van der Waals surface area contributed by atoms with E-state index < -0.39 is 0 Å². The standard InChI is InChI=1S/C20H25N5O2S/c1-14-12-15(2)18-17(13-14)21-20(28-18)25(7-6-24-8-10-27-11-9-24)19(26)16-4-5-23(3)22-16/h4-5,12-13H,6-11H2,1-3H3. The smallest absolute Gasteiger partial charge is 0.280 e. The van der Waals surface area contributed by atoms with Gasteiger partial charge in [0.1, 0.15) is 0 Å². The Morgan fingerprint density at radius 3 is 2.79 bits per heavy atom. The molecule has 7 nitrogen and oxygen atoms in total. The lowest BCUT2D eigenvalue weighted by Crippen LogP contribution is -2.43. The highest BCUT2D eigenvalue weighted by atomic mass is 32.1. The lowest BCUT2D eigenvalue weighted by molar-refractivity contribution is 0.0391. The van der Waals surface area contributed by atoms with Crippen LogP contribution < -0.4 is 4.90 Å². The molecule has 1 saturated heterocycles. The summed E-state index contributed by atoms with van der Waals surface area (Å²) in [5.74, 6) is -0.109. The maximum atomic E-state index is 13.2. The first-order valence-corrected chi connectivity index (χ1v) is 10.3. The average Bonchev–Trinajstić information content (AvgIpc) is 3.29. The maximum Gasteiger partial charge on any atom is 0.280 e. The third kappa shape index (κ3) is 3.94. The molecular formula is C20H25N5O2S. The van der Waals surface area contributed by atoms with Gasteiger partial charge in [-0.05, 0) is 37.1 Å². The van der Waals surface area contributed by atoms with Gasteiger partial charge in [-0.3, -0.25) is 19.3 Å². The number of aryl methyl sites for hydroxylation is 3. The van der Waals surface area contributed by atoms with Crippen molar-refractivity contribution in [2.45, 2.75) is 13.8 Å². The summed E-state index contributed by atoms with van der Waals surface area (Å²) in [6, 6.07) is 5.99. The van der Waals surface area contributed by atoms with E-state index in [1.54, 1.807) is 33.2 Å². The van der Waals surface area contributed by atoms with Crippen molar-refractivity contribution in [3.05, 3.63) is 41.2 Å². The minimum Gasteiger partial charge on any atom is -0.379 e. The highest BCUT2D eigenvalue weighted by Crippen LogP contribution is 2.32. The topological polar surface area (TPSA) is 63.5 Å². The molecule has 1 amide bonds. The predicted octanol–water partition coefficient (Wildman–Crippen LogP) is 2.63. The van der Waals surface area contributed by atoms with Gasteiger partial charge in [0.05, 0.1) is 23.4 Å². The Bertz CT molecular complexity index is 990. The number of ether oxygens (including phenoxy) is 1. The molecule has 0 spiro atoms. The fraction of sp³-hybridized carbons (Fsp3) is 0.450. The normalized spacial score (nSPS) is 15.2. The molecule has 0 radical (unpaired) electrons. The molecule has 1 fully saturated rings. The Labute approximate surface area is 168 Å². The van der Waals surface area contributed by atoms with Crippen molar-refractivity contribution < 1.29 is 9.53 Å². The van der Waals surface area contributed by atoms with E-state index in [4.69, 9.17) is 9.72 Å². The number of hydrogen-bond donors (Lipinski definition) is 0. The Morgan fingerprint density at radius 1 is 1.29 bits per heavy atom. The predicted molar refractivity (Wildman–Crippen MR) is 111 cm³/mol. The van der Waals surface area contributed by atoms with Crippen molar-refractivity contribution in [2.75, 3.05) is 44.3 Å². The summed E-state index contributed by atoms with van der Waals surface area (Å²) < 4.78 is 8.21. The van der Waals surface area contributed by atoms with Crippen LogP contribution in [0.25, 0.3) is 10.2 Å². The largest absolute Gasteiger partial charge is 0.379 e. The third-order valence-corrected chi connectivity index (χ3v) is 6.19. The molecule has 0 bridgehead atoms. The minimum absolute atomic E-state index is 0.109. The molecule has 0 saturated carbocycles. The van der Waals surface area contributed by atoms with E-state index in [0.717, 1.165) is 48.2 Å². The van der Waals surface area contributed by atoms with Crippen LogP contribution in [-0.4, -0.2) is 65.0 Å². The first-order chi connectivity index (χ1) is 13.5. The van der Waals surface area contributed by atoms with Crippen LogP contribution in [-0.2, 0) is 11.8 Å². The molecule has 4 rings (SSSR count). The second-order valence-corrected chi connectivity index (χ2v) is 8.19. The van der Waals surface area contributed by atoms with E-state index >= 15 is 0 Å². The second-order valence-electron chi connectivity index (χ2n) is 7.21. The number of anilines is 1. The summed E-state index contributed by atoms with van der Waals surface area (Å²) in [4.78, 5) is 22.1. The summed E-state index contributed by atoms with van der Waals surface area (Å²) in [6.07, 6.45) is 1.79. The van der Waals surface area contributed by atoms with Gasteiger partial charge in [0.15, 0.2) is 10.8 Å². The second kappa shape index (κ2) is 7.98. The molecule has 1 aliphatic rings. The van der Waals surface area contributed by atoms with Crippen LogP contribution in [0.3, 0.4) is 0 Å². The monoisotopic (exact) mass is 399 g/mol. The zero-order chi connectivity index (χ0) is 19.7. The van der Waals surface area contributed by atoms with Crippen LogP contribution in [0, 0.1) is 13.8 Å². The van der Waals surface area contributed by atoms with E-state index in [1.165, 1.54) is 11.1 Å². The van der Waals surface area contributed by atoms with E-state index in [2.05, 4.69) is 36.0 Å². The number of hydrogen-bond acceptors (Lipinski definition) is 6. The number of carbonyl (C=O) groups is 1. The number of amides is 1. The van der Waals surface area contributed by atoms with Crippen LogP contribution >= 0.6 is 11.3 Å². The molecule has 1 aliphatic heterocycles. The summed E-state index contributed by atoms with van der Waals surface area (Å²) in [7, 11) is 1.82. The quantitative estimate of drug-likeness (QED) is 0.660. The highest BCUT2D eigenvalue weighted by Gasteiger charge is 2.24. The maximum absolute atomic E-state index is 13.2. The first-order valence-electron chi connectivity index (χ1n) is 9.50. The zero-order valence-electron chi connectivity index (χ0n) is 16.5. The zero-order valence-corrected chi connectivity index (χ0v) is 17.3. The van der Waals surface area contributed by atoms with Crippen molar-refractivity contribution in [3.63, 3.8) is 0 Å². The van der Waals surface area contributed by atoms with E-state index in [9.17, 15) is 4.79 Å². The van der Waals surface area contributed by atoms with Crippen molar-refractivity contribution in [1.29, 1.82) is 0 Å². The number of benzene rings is 1. The number of thiazole rings is 1. The van der Waals surface area contributed by atoms with Gasteiger partial charge in [0.2, 0.25) is 0 Å². The Kier molecular flexibility index (Phi) is 5.43. The van der Waals surface area contributed by atoms with Gasteiger partial charge in [-0.1, -0.05) is 17.4 Å². The van der Waals surface area contributed by atoms with Crippen LogP contribution in [0.5, 0.6) is 0 Å². The van der Waals surface area contributed by atoms with Gasteiger partial charge in [0, 0.05) is 39.4 Å². The van der Waals surface area contributed by atoms with Crippen LogP contribution in [0.15, 0.2) is 24.4 Å². The number of morpholine rings is 1. The van der Waals surface area contributed by atoms with Gasteiger partial charge < -0.3 is 4.74 Å². The van der Waals surface area contributed by atoms with Crippen molar-refractivity contribution in [1.82, 2.24) is 19.7 Å². The number of nitrogens with zero attached hydrogens (tertiary/aromatic N) is 5. The fourth-order valence-corrected chi connectivity index (χ4v) is 4.54. The average molecular weight is 400 g/mol. The summed E-state index contributed by atoms with van der Waals surface area (Å²) in [5, 5.41) is 5.04. The molecule has 1 aromatic carbocycles. The number of rotatable bonds is 5.